The van der Waals surface area contributed by atoms with Crippen molar-refractivity contribution in [2.45, 2.75) is 34.2 Å². The van der Waals surface area contributed by atoms with E-state index in [1.54, 1.807) is 25.6 Å². The minimum absolute atomic E-state index is 0.223. The monoisotopic (exact) mass is 319 g/mol. The Morgan fingerprint density at radius 1 is 1.30 bits per heavy atom. The first-order chi connectivity index (χ1) is 10.9. The van der Waals surface area contributed by atoms with E-state index in [0.29, 0.717) is 23.6 Å². The molecule has 0 aliphatic heterocycles. The van der Waals surface area contributed by atoms with E-state index in [9.17, 15) is 9.59 Å². The van der Waals surface area contributed by atoms with E-state index < -0.39 is 5.97 Å². The largest absolute Gasteiger partial charge is 0.462 e. The summed E-state index contributed by atoms with van der Waals surface area (Å²) in [7, 11) is 1.65. The highest BCUT2D eigenvalue weighted by atomic mass is 16.5. The molecule has 1 amide bonds. The van der Waals surface area contributed by atoms with Crippen LogP contribution in [0.3, 0.4) is 0 Å². The van der Waals surface area contributed by atoms with Crippen LogP contribution in [0.1, 0.15) is 46.0 Å². The molecule has 2 rings (SSSR count). The second kappa shape index (κ2) is 6.64. The minimum Gasteiger partial charge on any atom is -0.462 e. The lowest BCUT2D eigenvalue weighted by atomic mass is 10.2. The number of amides is 1. The standard InChI is InChI=1S/C15H21N5O3/c1-6-20-10(4)12(9(3)18-20)14(21)17-13-11(8-16-19(13)5)15(22)23-7-2/h8H,6-7H2,1-5H3,(H,17,21). The summed E-state index contributed by atoms with van der Waals surface area (Å²) in [6.07, 6.45) is 1.38. The molecule has 0 unspecified atom stereocenters. The molecule has 0 saturated carbocycles. The Kier molecular flexibility index (Phi) is 4.83. The summed E-state index contributed by atoms with van der Waals surface area (Å²) in [6.45, 7) is 8.24. The quantitative estimate of drug-likeness (QED) is 0.847. The average Bonchev–Trinajstić information content (AvgIpc) is 2.99. The lowest BCUT2D eigenvalue weighted by molar-refractivity contribution is 0.0527. The van der Waals surface area contributed by atoms with Crippen LogP contribution in [0.25, 0.3) is 0 Å². The zero-order valence-electron chi connectivity index (χ0n) is 14.0. The van der Waals surface area contributed by atoms with Gasteiger partial charge in [-0.05, 0) is 27.7 Å². The summed E-state index contributed by atoms with van der Waals surface area (Å²) in [5, 5.41) is 11.1. The first kappa shape index (κ1) is 16.7. The molecule has 0 spiro atoms. The molecule has 2 aromatic rings. The first-order valence-corrected chi connectivity index (χ1v) is 7.45. The summed E-state index contributed by atoms with van der Waals surface area (Å²) in [5.41, 5.74) is 2.15. The molecular weight excluding hydrogens is 298 g/mol. The third-order valence-electron chi connectivity index (χ3n) is 3.57. The fourth-order valence-corrected chi connectivity index (χ4v) is 2.45. The molecule has 0 fully saturated rings. The van der Waals surface area contributed by atoms with E-state index in [4.69, 9.17) is 4.74 Å². The zero-order valence-corrected chi connectivity index (χ0v) is 14.0. The van der Waals surface area contributed by atoms with Crippen molar-refractivity contribution in [3.63, 3.8) is 0 Å². The number of hydrogen-bond acceptors (Lipinski definition) is 5. The number of anilines is 1. The Morgan fingerprint density at radius 2 is 2.00 bits per heavy atom. The summed E-state index contributed by atoms with van der Waals surface area (Å²) >= 11 is 0. The molecule has 8 heteroatoms. The second-order valence-electron chi connectivity index (χ2n) is 5.07. The van der Waals surface area contributed by atoms with Crippen LogP contribution in [0.5, 0.6) is 0 Å². The van der Waals surface area contributed by atoms with Gasteiger partial charge >= 0.3 is 5.97 Å². The highest BCUT2D eigenvalue weighted by molar-refractivity contribution is 6.08. The molecule has 0 aromatic carbocycles. The van der Waals surface area contributed by atoms with E-state index in [1.165, 1.54) is 10.9 Å². The van der Waals surface area contributed by atoms with E-state index in [2.05, 4.69) is 15.5 Å². The van der Waals surface area contributed by atoms with Crippen LogP contribution in [-0.2, 0) is 18.3 Å². The Labute approximate surface area is 134 Å². The van der Waals surface area contributed by atoms with Gasteiger partial charge in [-0.1, -0.05) is 0 Å². The number of rotatable bonds is 5. The molecule has 0 aliphatic carbocycles. The van der Waals surface area contributed by atoms with Crippen LogP contribution in [0, 0.1) is 13.8 Å². The third-order valence-corrected chi connectivity index (χ3v) is 3.57. The van der Waals surface area contributed by atoms with Gasteiger partial charge in [0, 0.05) is 19.3 Å². The van der Waals surface area contributed by atoms with Gasteiger partial charge in [0.2, 0.25) is 0 Å². The molecule has 2 heterocycles. The highest BCUT2D eigenvalue weighted by Gasteiger charge is 2.23. The maximum atomic E-state index is 12.6. The van der Waals surface area contributed by atoms with Gasteiger partial charge in [0.1, 0.15) is 11.4 Å². The number of ether oxygens (including phenoxy) is 1. The van der Waals surface area contributed by atoms with Crippen molar-refractivity contribution < 1.29 is 14.3 Å². The van der Waals surface area contributed by atoms with Gasteiger partial charge in [0.25, 0.3) is 5.91 Å². The lowest BCUT2D eigenvalue weighted by Gasteiger charge is -2.08. The van der Waals surface area contributed by atoms with Crippen molar-refractivity contribution in [1.29, 1.82) is 0 Å². The molecule has 1 N–H and O–H groups in total. The van der Waals surface area contributed by atoms with E-state index in [-0.39, 0.29) is 18.1 Å². The molecular formula is C15H21N5O3. The fourth-order valence-electron chi connectivity index (χ4n) is 2.45. The summed E-state index contributed by atoms with van der Waals surface area (Å²) < 4.78 is 8.17. The Balaban J connectivity index is 2.33. The Morgan fingerprint density at radius 3 is 2.57 bits per heavy atom. The molecule has 0 atom stereocenters. The summed E-state index contributed by atoms with van der Waals surface area (Å²) in [5.74, 6) is -0.543. The van der Waals surface area contributed by atoms with Crippen LogP contribution in [0.15, 0.2) is 6.20 Å². The summed E-state index contributed by atoms with van der Waals surface area (Å²) in [4.78, 5) is 24.5. The van der Waals surface area contributed by atoms with Crippen molar-refractivity contribution in [2.75, 3.05) is 11.9 Å². The minimum atomic E-state index is -0.520. The lowest BCUT2D eigenvalue weighted by Crippen LogP contribution is -2.19. The van der Waals surface area contributed by atoms with Crippen LogP contribution < -0.4 is 5.32 Å². The molecule has 8 nitrogen and oxygen atoms in total. The van der Waals surface area contributed by atoms with Crippen LogP contribution in [0.4, 0.5) is 5.82 Å². The molecule has 2 aromatic heterocycles. The van der Waals surface area contributed by atoms with Crippen molar-refractivity contribution in [2.24, 2.45) is 7.05 Å². The normalized spacial score (nSPS) is 10.7. The van der Waals surface area contributed by atoms with Gasteiger partial charge in [0.05, 0.1) is 24.1 Å². The van der Waals surface area contributed by atoms with Gasteiger partial charge in [-0.25, -0.2) is 4.79 Å². The number of carbonyl (C=O) groups is 2. The summed E-state index contributed by atoms with van der Waals surface area (Å²) in [6, 6.07) is 0. The van der Waals surface area contributed by atoms with Crippen LogP contribution >= 0.6 is 0 Å². The molecule has 0 saturated heterocycles. The average molecular weight is 319 g/mol. The van der Waals surface area contributed by atoms with Crippen molar-refractivity contribution in [3.05, 3.63) is 28.7 Å². The molecule has 0 aliphatic rings. The van der Waals surface area contributed by atoms with E-state index in [0.717, 1.165) is 5.69 Å². The van der Waals surface area contributed by atoms with Gasteiger partial charge in [-0.2, -0.15) is 10.2 Å². The van der Waals surface area contributed by atoms with E-state index >= 15 is 0 Å². The number of esters is 1. The third kappa shape index (κ3) is 3.10. The number of aryl methyl sites for hydroxylation is 3. The van der Waals surface area contributed by atoms with Gasteiger partial charge in [-0.15, -0.1) is 0 Å². The van der Waals surface area contributed by atoms with Crippen LogP contribution in [0.2, 0.25) is 0 Å². The van der Waals surface area contributed by atoms with Gasteiger partial charge < -0.3 is 10.1 Å². The smallest absolute Gasteiger partial charge is 0.343 e. The topological polar surface area (TPSA) is 91.0 Å². The fraction of sp³-hybridized carbons (Fsp3) is 0.467. The zero-order chi connectivity index (χ0) is 17.1. The number of hydrogen-bond donors (Lipinski definition) is 1. The Bertz CT molecular complexity index is 745. The maximum absolute atomic E-state index is 12.6. The van der Waals surface area contributed by atoms with Crippen molar-refractivity contribution >= 4 is 17.7 Å². The molecule has 124 valence electrons. The molecule has 0 bridgehead atoms. The second-order valence-corrected chi connectivity index (χ2v) is 5.07. The first-order valence-electron chi connectivity index (χ1n) is 7.45. The molecule has 0 radical (unpaired) electrons. The predicted molar refractivity (Wildman–Crippen MR) is 84.5 cm³/mol. The van der Waals surface area contributed by atoms with Crippen molar-refractivity contribution in [1.82, 2.24) is 19.6 Å². The predicted octanol–water partition coefficient (Wildman–Crippen LogP) is 1.68. The number of carbonyl (C=O) groups excluding carboxylic acids is 2. The van der Waals surface area contributed by atoms with Gasteiger partial charge in [0.15, 0.2) is 0 Å². The van der Waals surface area contributed by atoms with Crippen LogP contribution in [-0.4, -0.2) is 38.0 Å². The van der Waals surface area contributed by atoms with E-state index in [1.807, 2.05) is 13.8 Å². The van der Waals surface area contributed by atoms with Crippen molar-refractivity contribution in [3.8, 4) is 0 Å². The van der Waals surface area contributed by atoms with Gasteiger partial charge in [-0.3, -0.25) is 14.2 Å². The maximum Gasteiger partial charge on any atom is 0.343 e. The number of aromatic nitrogens is 4. The SMILES string of the molecule is CCOC(=O)c1cnn(C)c1NC(=O)c1c(C)nn(CC)c1C. The number of nitrogens with one attached hydrogen (secondary N) is 1. The molecule has 23 heavy (non-hydrogen) atoms. The highest BCUT2D eigenvalue weighted by Crippen LogP contribution is 2.19. The Hall–Kier alpha value is -2.64. The number of nitrogens with zero attached hydrogens (tertiary/aromatic N) is 4.